The fourth-order valence-electron chi connectivity index (χ4n) is 2.09. The number of nitrogens with zero attached hydrogens (tertiary/aromatic N) is 1. The van der Waals surface area contributed by atoms with Crippen LogP contribution in [0, 0.1) is 6.92 Å². The number of ether oxygens (including phenoxy) is 1. The lowest BCUT2D eigenvalue weighted by atomic mass is 10.1. The molecule has 0 N–H and O–H groups in total. The first kappa shape index (κ1) is 13.7. The van der Waals surface area contributed by atoms with Crippen LogP contribution in [0.2, 0.25) is 0 Å². The van der Waals surface area contributed by atoms with E-state index in [4.69, 9.17) is 4.74 Å². The molecule has 1 aromatic carbocycles. The summed E-state index contributed by atoms with van der Waals surface area (Å²) in [5.41, 5.74) is 1.57. The van der Waals surface area contributed by atoms with Gasteiger partial charge in [0.2, 0.25) is 0 Å². The van der Waals surface area contributed by atoms with E-state index in [1.165, 1.54) is 4.90 Å². The Bertz CT molecular complexity index is 582. The van der Waals surface area contributed by atoms with Crippen molar-refractivity contribution in [3.05, 3.63) is 27.7 Å². The highest BCUT2D eigenvalue weighted by atomic mass is 79.9. The van der Waals surface area contributed by atoms with Crippen LogP contribution in [0.3, 0.4) is 0 Å². The summed E-state index contributed by atoms with van der Waals surface area (Å²) in [6.07, 6.45) is 0. The number of fused-ring (bicyclic) bond motifs is 1. The molecule has 1 aliphatic rings. The molecule has 0 fully saturated rings. The van der Waals surface area contributed by atoms with Gasteiger partial charge in [0.25, 0.3) is 11.7 Å². The van der Waals surface area contributed by atoms with E-state index >= 15 is 0 Å². The van der Waals surface area contributed by atoms with Crippen LogP contribution in [0.5, 0.6) is 0 Å². The molecule has 0 saturated carbocycles. The molecule has 100 valence electrons. The highest BCUT2D eigenvalue weighted by molar-refractivity contribution is 9.10. The fourth-order valence-corrected chi connectivity index (χ4v) is 2.67. The number of Topliss-reactive ketones (excluding diaryl/α,β-unsaturated/α-hetero) is 1. The van der Waals surface area contributed by atoms with Gasteiger partial charge in [0.05, 0.1) is 17.9 Å². The van der Waals surface area contributed by atoms with Crippen LogP contribution in [-0.2, 0) is 14.3 Å². The number of halogens is 1. The van der Waals surface area contributed by atoms with Gasteiger partial charge in [-0.2, -0.15) is 0 Å². The molecule has 0 aromatic heterocycles. The average Bonchev–Trinajstić information content (AvgIpc) is 2.55. The number of carbonyl (C=O) groups excluding carboxylic acids is 3. The van der Waals surface area contributed by atoms with Gasteiger partial charge in [-0.1, -0.05) is 15.9 Å². The second-order valence-electron chi connectivity index (χ2n) is 4.14. The Morgan fingerprint density at radius 3 is 2.68 bits per heavy atom. The average molecular weight is 326 g/mol. The molecule has 0 spiro atoms. The molecule has 19 heavy (non-hydrogen) atoms. The molecule has 1 heterocycles. The molecule has 0 radical (unpaired) electrons. The van der Waals surface area contributed by atoms with Gasteiger partial charge in [-0.15, -0.1) is 0 Å². The van der Waals surface area contributed by atoms with E-state index in [1.807, 2.05) is 0 Å². The highest BCUT2D eigenvalue weighted by Gasteiger charge is 2.38. The first-order valence-corrected chi connectivity index (χ1v) is 6.57. The smallest absolute Gasteiger partial charge is 0.326 e. The number of aryl methyl sites for hydroxylation is 1. The lowest BCUT2D eigenvalue weighted by Gasteiger charge is -2.17. The lowest BCUT2D eigenvalue weighted by Crippen LogP contribution is -2.35. The van der Waals surface area contributed by atoms with E-state index in [0.29, 0.717) is 11.3 Å². The first-order chi connectivity index (χ1) is 8.95. The third-order valence-electron chi connectivity index (χ3n) is 2.81. The molecule has 0 atom stereocenters. The van der Waals surface area contributed by atoms with Gasteiger partial charge < -0.3 is 4.74 Å². The zero-order valence-electron chi connectivity index (χ0n) is 10.5. The van der Waals surface area contributed by atoms with Gasteiger partial charge in [-0.3, -0.25) is 19.3 Å². The zero-order valence-corrected chi connectivity index (χ0v) is 12.1. The van der Waals surface area contributed by atoms with Crippen LogP contribution in [0.1, 0.15) is 22.8 Å². The van der Waals surface area contributed by atoms with Gasteiger partial charge in [-0.25, -0.2) is 0 Å². The summed E-state index contributed by atoms with van der Waals surface area (Å²) < 4.78 is 5.54. The van der Waals surface area contributed by atoms with Crippen LogP contribution in [0.4, 0.5) is 5.69 Å². The van der Waals surface area contributed by atoms with Gasteiger partial charge >= 0.3 is 5.97 Å². The fraction of sp³-hybridized carbons (Fsp3) is 0.308. The second-order valence-corrected chi connectivity index (χ2v) is 5.06. The lowest BCUT2D eigenvalue weighted by molar-refractivity contribution is -0.142. The van der Waals surface area contributed by atoms with Crippen LogP contribution >= 0.6 is 15.9 Å². The first-order valence-electron chi connectivity index (χ1n) is 5.77. The summed E-state index contributed by atoms with van der Waals surface area (Å²) in [4.78, 5) is 36.5. The molecular formula is C13H12BrNO4. The van der Waals surface area contributed by atoms with E-state index in [9.17, 15) is 14.4 Å². The van der Waals surface area contributed by atoms with E-state index in [2.05, 4.69) is 15.9 Å². The number of anilines is 1. The Morgan fingerprint density at radius 2 is 2.05 bits per heavy atom. The summed E-state index contributed by atoms with van der Waals surface area (Å²) in [6, 6.07) is 3.39. The Kier molecular flexibility index (Phi) is 3.71. The molecule has 5 nitrogen and oxygen atoms in total. The zero-order chi connectivity index (χ0) is 14.2. The molecule has 6 heteroatoms. The van der Waals surface area contributed by atoms with Crippen molar-refractivity contribution in [3.8, 4) is 0 Å². The number of ketones is 1. The molecule has 0 bridgehead atoms. The molecular weight excluding hydrogens is 314 g/mol. The molecule has 0 aliphatic carbocycles. The predicted octanol–water partition coefficient (Wildman–Crippen LogP) is 1.85. The Balaban J connectivity index is 2.41. The maximum atomic E-state index is 11.9. The van der Waals surface area contributed by atoms with Crippen LogP contribution in [0.25, 0.3) is 0 Å². The summed E-state index contributed by atoms with van der Waals surface area (Å²) in [6.45, 7) is 3.47. The maximum absolute atomic E-state index is 11.9. The van der Waals surface area contributed by atoms with Gasteiger partial charge in [0, 0.05) is 4.47 Å². The highest BCUT2D eigenvalue weighted by Crippen LogP contribution is 2.34. The minimum absolute atomic E-state index is 0.237. The van der Waals surface area contributed by atoms with E-state index in [1.54, 1.807) is 26.0 Å². The predicted molar refractivity (Wildman–Crippen MR) is 72.2 cm³/mol. The third kappa shape index (κ3) is 2.40. The summed E-state index contributed by atoms with van der Waals surface area (Å²) in [7, 11) is 0. The molecule has 0 saturated heterocycles. The topological polar surface area (TPSA) is 63.7 Å². The number of carbonyl (C=O) groups is 3. The van der Waals surface area contributed by atoms with Crippen molar-refractivity contribution in [1.29, 1.82) is 0 Å². The van der Waals surface area contributed by atoms with E-state index in [-0.39, 0.29) is 13.2 Å². The Labute approximate surface area is 118 Å². The standard InChI is InChI=1S/C13H12BrNO4/c1-3-19-10(16)6-15-11-7(2)4-8(14)5-9(11)12(17)13(15)18/h4-5H,3,6H2,1-2H3. The van der Waals surface area contributed by atoms with Crippen LogP contribution < -0.4 is 4.90 Å². The number of hydrogen-bond acceptors (Lipinski definition) is 4. The van der Waals surface area contributed by atoms with Gasteiger partial charge in [-0.05, 0) is 31.5 Å². The number of rotatable bonds is 3. The molecule has 1 amide bonds. The number of amides is 1. The Morgan fingerprint density at radius 1 is 1.37 bits per heavy atom. The summed E-state index contributed by atoms with van der Waals surface area (Å²) in [5.74, 6) is -1.81. The summed E-state index contributed by atoms with van der Waals surface area (Å²) in [5, 5.41) is 0. The second kappa shape index (κ2) is 5.13. The monoisotopic (exact) mass is 325 g/mol. The number of hydrogen-bond donors (Lipinski definition) is 0. The van der Waals surface area contributed by atoms with Crippen LogP contribution in [-0.4, -0.2) is 30.8 Å². The normalized spacial score (nSPS) is 13.7. The molecule has 0 unspecified atom stereocenters. The number of benzene rings is 1. The molecule has 1 aliphatic heterocycles. The minimum atomic E-state index is -0.691. The van der Waals surface area contributed by atoms with Crippen molar-refractivity contribution in [2.75, 3.05) is 18.1 Å². The van der Waals surface area contributed by atoms with Crippen molar-refractivity contribution in [1.82, 2.24) is 0 Å². The van der Waals surface area contributed by atoms with Gasteiger partial charge in [0.1, 0.15) is 6.54 Å². The van der Waals surface area contributed by atoms with E-state index in [0.717, 1.165) is 10.0 Å². The largest absolute Gasteiger partial charge is 0.465 e. The van der Waals surface area contributed by atoms with Crippen molar-refractivity contribution < 1.29 is 19.1 Å². The Hall–Kier alpha value is -1.69. The van der Waals surface area contributed by atoms with Crippen molar-refractivity contribution in [3.63, 3.8) is 0 Å². The summed E-state index contributed by atoms with van der Waals surface area (Å²) >= 11 is 3.29. The minimum Gasteiger partial charge on any atom is -0.465 e. The van der Waals surface area contributed by atoms with Gasteiger partial charge in [0.15, 0.2) is 0 Å². The third-order valence-corrected chi connectivity index (χ3v) is 3.27. The SMILES string of the molecule is CCOC(=O)CN1C(=O)C(=O)c2cc(Br)cc(C)c21. The van der Waals surface area contributed by atoms with Crippen LogP contribution in [0.15, 0.2) is 16.6 Å². The van der Waals surface area contributed by atoms with Crippen molar-refractivity contribution in [2.45, 2.75) is 13.8 Å². The molecule has 2 rings (SSSR count). The van der Waals surface area contributed by atoms with Crippen molar-refractivity contribution >= 4 is 39.3 Å². The van der Waals surface area contributed by atoms with Crippen molar-refractivity contribution in [2.24, 2.45) is 0 Å². The number of esters is 1. The molecule has 1 aromatic rings. The quantitative estimate of drug-likeness (QED) is 0.628. The maximum Gasteiger partial charge on any atom is 0.326 e. The van der Waals surface area contributed by atoms with E-state index < -0.39 is 17.7 Å².